The average molecular weight is 283 g/mol. The number of halogens is 3. The summed E-state index contributed by atoms with van der Waals surface area (Å²) < 4.78 is 41.5. The molecule has 0 amide bonds. The minimum Gasteiger partial charge on any atom is -0.405 e. The summed E-state index contributed by atoms with van der Waals surface area (Å²) in [5, 5.41) is 3.17. The third-order valence-electron chi connectivity index (χ3n) is 3.20. The first-order valence-corrected chi connectivity index (χ1v) is 6.15. The molecule has 0 aliphatic carbocycles. The highest BCUT2D eigenvalue weighted by molar-refractivity contribution is 5.42. The van der Waals surface area contributed by atoms with Gasteiger partial charge in [-0.2, -0.15) is 0 Å². The monoisotopic (exact) mass is 283 g/mol. The summed E-state index contributed by atoms with van der Waals surface area (Å²) in [4.78, 5) is 7.21. The molecule has 4 nitrogen and oxygen atoms in total. The van der Waals surface area contributed by atoms with E-state index in [2.05, 4.69) is 20.0 Å². The molecule has 3 rings (SSSR count). The van der Waals surface area contributed by atoms with Gasteiger partial charge in [-0.3, -0.25) is 0 Å². The van der Waals surface area contributed by atoms with Crippen LogP contribution in [0.1, 0.15) is 23.0 Å². The maximum absolute atomic E-state index is 12.5. The molecule has 1 aliphatic heterocycles. The Morgan fingerprint density at radius 2 is 2.05 bits per heavy atom. The molecule has 106 valence electrons. The number of nitrogens with zero attached hydrogens (tertiary/aromatic N) is 1. The maximum Gasteiger partial charge on any atom is 0.573 e. The van der Waals surface area contributed by atoms with E-state index < -0.39 is 12.4 Å². The van der Waals surface area contributed by atoms with Crippen LogP contribution < -0.4 is 10.1 Å². The van der Waals surface area contributed by atoms with Gasteiger partial charge >= 0.3 is 6.36 Å². The van der Waals surface area contributed by atoms with Crippen molar-refractivity contribution < 1.29 is 17.9 Å². The second kappa shape index (κ2) is 4.82. The second-order valence-corrected chi connectivity index (χ2v) is 4.49. The van der Waals surface area contributed by atoms with Crippen LogP contribution in [0.2, 0.25) is 0 Å². The van der Waals surface area contributed by atoms with E-state index in [4.69, 9.17) is 0 Å². The van der Waals surface area contributed by atoms with Crippen LogP contribution in [0, 0.1) is 0 Å². The van der Waals surface area contributed by atoms with Gasteiger partial charge in [0.25, 0.3) is 0 Å². The zero-order valence-corrected chi connectivity index (χ0v) is 10.4. The average Bonchev–Trinajstić information content (AvgIpc) is 2.85. The number of H-pyrrole nitrogens is 1. The Morgan fingerprint density at radius 3 is 2.85 bits per heavy atom. The molecule has 0 fully saturated rings. The lowest BCUT2D eigenvalue weighted by molar-refractivity contribution is -0.275. The molecule has 0 spiro atoms. The van der Waals surface area contributed by atoms with Crippen LogP contribution in [0.5, 0.6) is 5.75 Å². The standard InChI is InChI=1S/C13H12F3N3O/c14-13(15,16)20-10-4-2-1-3-8(10)11-12-9(5-6-17-11)18-7-19-12/h1-4,7,11,17H,5-6H2,(H,18,19)/t11-/m0/s1. The molecular weight excluding hydrogens is 271 g/mol. The molecule has 2 heterocycles. The number of aromatic nitrogens is 2. The van der Waals surface area contributed by atoms with Crippen LogP contribution in [0.25, 0.3) is 0 Å². The number of alkyl halides is 3. The summed E-state index contributed by atoms with van der Waals surface area (Å²) in [6.45, 7) is 0.667. The topological polar surface area (TPSA) is 49.9 Å². The first kappa shape index (κ1) is 13.0. The fraction of sp³-hybridized carbons (Fsp3) is 0.308. The molecule has 2 aromatic rings. The number of para-hydroxylation sites is 1. The highest BCUT2D eigenvalue weighted by atomic mass is 19.4. The number of aromatic amines is 1. The highest BCUT2D eigenvalue weighted by Gasteiger charge is 2.34. The molecule has 0 bridgehead atoms. The van der Waals surface area contributed by atoms with Crippen molar-refractivity contribution in [2.45, 2.75) is 18.8 Å². The Morgan fingerprint density at radius 1 is 1.25 bits per heavy atom. The summed E-state index contributed by atoms with van der Waals surface area (Å²) in [5.41, 5.74) is 2.09. The first-order chi connectivity index (χ1) is 9.54. The number of fused-ring (bicyclic) bond motifs is 1. The summed E-state index contributed by atoms with van der Waals surface area (Å²) in [7, 11) is 0. The van der Waals surface area contributed by atoms with Crippen molar-refractivity contribution in [2.24, 2.45) is 0 Å². The van der Waals surface area contributed by atoms with Crippen LogP contribution in [-0.2, 0) is 6.42 Å². The third-order valence-corrected chi connectivity index (χ3v) is 3.20. The lowest BCUT2D eigenvalue weighted by Crippen LogP contribution is -2.31. The second-order valence-electron chi connectivity index (χ2n) is 4.49. The number of rotatable bonds is 2. The molecule has 2 N–H and O–H groups in total. The summed E-state index contributed by atoms with van der Waals surface area (Å²) in [6.07, 6.45) is -2.38. The van der Waals surface area contributed by atoms with Crippen molar-refractivity contribution in [3.05, 3.63) is 47.5 Å². The fourth-order valence-electron chi connectivity index (χ4n) is 2.41. The van der Waals surface area contributed by atoms with Gasteiger partial charge in [-0.05, 0) is 6.07 Å². The van der Waals surface area contributed by atoms with Crippen LogP contribution in [0.3, 0.4) is 0 Å². The van der Waals surface area contributed by atoms with Crippen LogP contribution in [0.15, 0.2) is 30.6 Å². The number of hydrogen-bond acceptors (Lipinski definition) is 3. The van der Waals surface area contributed by atoms with Gasteiger partial charge in [0.2, 0.25) is 0 Å². The smallest absolute Gasteiger partial charge is 0.405 e. The summed E-state index contributed by atoms with van der Waals surface area (Å²) in [6, 6.07) is 5.72. The molecular formula is C13H12F3N3O. The molecule has 7 heteroatoms. The molecule has 0 radical (unpaired) electrons. The minimum absolute atomic E-state index is 0.201. The van der Waals surface area contributed by atoms with Gasteiger partial charge in [0.05, 0.1) is 18.1 Å². The van der Waals surface area contributed by atoms with Crippen molar-refractivity contribution in [1.82, 2.24) is 15.3 Å². The van der Waals surface area contributed by atoms with E-state index in [-0.39, 0.29) is 5.75 Å². The Bertz CT molecular complexity index is 609. The predicted molar refractivity (Wildman–Crippen MR) is 65.3 cm³/mol. The van der Waals surface area contributed by atoms with E-state index in [9.17, 15) is 13.2 Å². The van der Waals surface area contributed by atoms with Gasteiger partial charge in [-0.1, -0.05) is 18.2 Å². The molecule has 0 unspecified atom stereocenters. The molecule has 1 atom stereocenters. The number of ether oxygens (including phenoxy) is 1. The zero-order chi connectivity index (χ0) is 14.2. The van der Waals surface area contributed by atoms with Crippen molar-refractivity contribution >= 4 is 0 Å². The summed E-state index contributed by atoms with van der Waals surface area (Å²) in [5.74, 6) is -0.201. The Kier molecular flexibility index (Phi) is 3.13. The van der Waals surface area contributed by atoms with Crippen molar-refractivity contribution in [1.29, 1.82) is 0 Å². The first-order valence-electron chi connectivity index (χ1n) is 6.15. The molecule has 0 saturated heterocycles. The fourth-order valence-corrected chi connectivity index (χ4v) is 2.41. The van der Waals surface area contributed by atoms with Crippen molar-refractivity contribution in [3.63, 3.8) is 0 Å². The quantitative estimate of drug-likeness (QED) is 0.890. The van der Waals surface area contributed by atoms with Crippen LogP contribution in [0.4, 0.5) is 13.2 Å². The van der Waals surface area contributed by atoms with E-state index in [1.165, 1.54) is 12.1 Å². The number of benzene rings is 1. The predicted octanol–water partition coefficient (Wildman–Crippen LogP) is 2.54. The third kappa shape index (κ3) is 2.49. The minimum atomic E-state index is -4.71. The van der Waals surface area contributed by atoms with Gasteiger partial charge in [-0.25, -0.2) is 4.98 Å². The lowest BCUT2D eigenvalue weighted by Gasteiger charge is -2.25. The van der Waals surface area contributed by atoms with Gasteiger partial charge in [0.1, 0.15) is 5.75 Å². The Balaban J connectivity index is 2.00. The number of imidazole rings is 1. The summed E-state index contributed by atoms with van der Waals surface area (Å²) >= 11 is 0. The highest BCUT2D eigenvalue weighted by Crippen LogP contribution is 2.34. The van der Waals surface area contributed by atoms with Gasteiger partial charge < -0.3 is 15.0 Å². The van der Waals surface area contributed by atoms with E-state index in [0.29, 0.717) is 12.1 Å². The number of hydrogen-bond donors (Lipinski definition) is 2. The van der Waals surface area contributed by atoms with E-state index in [1.807, 2.05) is 0 Å². The van der Waals surface area contributed by atoms with Gasteiger partial charge in [-0.15, -0.1) is 13.2 Å². The van der Waals surface area contributed by atoms with Gasteiger partial charge in [0, 0.05) is 24.2 Å². The van der Waals surface area contributed by atoms with Gasteiger partial charge in [0.15, 0.2) is 0 Å². The largest absolute Gasteiger partial charge is 0.573 e. The van der Waals surface area contributed by atoms with Crippen LogP contribution in [-0.4, -0.2) is 22.9 Å². The maximum atomic E-state index is 12.5. The van der Waals surface area contributed by atoms with E-state index in [1.54, 1.807) is 18.5 Å². The van der Waals surface area contributed by atoms with Crippen molar-refractivity contribution in [3.8, 4) is 5.75 Å². The van der Waals surface area contributed by atoms with E-state index in [0.717, 1.165) is 17.8 Å². The van der Waals surface area contributed by atoms with Crippen molar-refractivity contribution in [2.75, 3.05) is 6.54 Å². The Labute approximate surface area is 113 Å². The zero-order valence-electron chi connectivity index (χ0n) is 10.4. The number of nitrogens with one attached hydrogen (secondary N) is 2. The normalized spacial score (nSPS) is 18.6. The lowest BCUT2D eigenvalue weighted by atomic mass is 9.97. The molecule has 20 heavy (non-hydrogen) atoms. The molecule has 1 aromatic carbocycles. The Hall–Kier alpha value is -2.02. The molecule has 0 saturated carbocycles. The molecule has 1 aliphatic rings. The molecule has 1 aromatic heterocycles. The van der Waals surface area contributed by atoms with Crippen LogP contribution >= 0.6 is 0 Å². The SMILES string of the molecule is FC(F)(F)Oc1ccccc1[C@@H]1NCCc2[nH]cnc21. The van der Waals surface area contributed by atoms with E-state index >= 15 is 0 Å².